The number of H-pyrrole nitrogens is 2. The van der Waals surface area contributed by atoms with E-state index in [4.69, 9.17) is 22.9 Å². The third-order valence-corrected chi connectivity index (χ3v) is 10.4. The third kappa shape index (κ3) is 15.3. The van der Waals surface area contributed by atoms with Gasteiger partial charge in [-0.2, -0.15) is 12.6 Å². The van der Waals surface area contributed by atoms with Gasteiger partial charge < -0.3 is 75.0 Å². The largest absolute Gasteiger partial charge is 0.481 e. The molecule has 24 nitrogen and oxygen atoms in total. The van der Waals surface area contributed by atoms with Crippen LogP contribution in [-0.2, 0) is 56.0 Å². The number of rotatable bonds is 26. The van der Waals surface area contributed by atoms with Crippen molar-refractivity contribution in [3.8, 4) is 0 Å². The van der Waals surface area contributed by atoms with Crippen molar-refractivity contribution in [1.82, 2.24) is 41.9 Å². The van der Waals surface area contributed by atoms with Gasteiger partial charge in [-0.05, 0) is 42.5 Å². The van der Waals surface area contributed by atoms with Gasteiger partial charge in [0, 0.05) is 52.9 Å². The summed E-state index contributed by atoms with van der Waals surface area (Å²) in [7, 11) is 0. The summed E-state index contributed by atoms with van der Waals surface area (Å²) in [6.45, 7) is -0.766. The molecule has 4 aromatic rings. The minimum Gasteiger partial charge on any atom is -0.481 e. The summed E-state index contributed by atoms with van der Waals surface area (Å²) in [5.41, 5.74) is 25.2. The number of thiol groups is 1. The van der Waals surface area contributed by atoms with Crippen molar-refractivity contribution in [2.24, 2.45) is 27.9 Å². The van der Waals surface area contributed by atoms with Crippen molar-refractivity contribution in [2.75, 3.05) is 18.8 Å². The van der Waals surface area contributed by atoms with E-state index < -0.39 is 109 Å². The standard InChI is InChI=1S/C41H53N13O11S/c42-24(12-20-16-47-25-8-3-1-6-22(20)25)35(59)51-28(13-21-17-48-26-9-4-2-7-23(21)26)37(61)54-31(19-66)39(63)52-29(14-32(43)55)38(62)53-30(15-34(57)58)36(60)49-18-33(56)50-27(40(64)65)10-5-11-46-41(44)45/h1-4,6-9,16-17,24,27-31,47-48,66H,5,10-15,18-19,42H2,(H2,43,55)(H,49,60)(H,50,56)(H,51,59)(H,52,63)(H,53,62)(H,54,61)(H,57,58)(H,64,65)(H4,44,45,46)/t24-,27-,28-,29-,30-,31-/m0/s1. The van der Waals surface area contributed by atoms with E-state index in [1.807, 2.05) is 42.5 Å². The smallest absolute Gasteiger partial charge is 0.326 e. The van der Waals surface area contributed by atoms with Crippen LogP contribution in [-0.4, -0.2) is 135 Å². The zero-order valence-electron chi connectivity index (χ0n) is 35.4. The average Bonchev–Trinajstić information content (AvgIpc) is 3.87. The van der Waals surface area contributed by atoms with Gasteiger partial charge in [-0.1, -0.05) is 36.4 Å². The summed E-state index contributed by atoms with van der Waals surface area (Å²) in [5, 5.41) is 34.5. The van der Waals surface area contributed by atoms with Crippen molar-refractivity contribution >= 4 is 93.7 Å². The highest BCUT2D eigenvalue weighted by atomic mass is 32.1. The van der Waals surface area contributed by atoms with Crippen molar-refractivity contribution in [3.05, 3.63) is 72.1 Å². The first-order valence-corrected chi connectivity index (χ1v) is 21.0. The van der Waals surface area contributed by atoms with Gasteiger partial charge >= 0.3 is 11.9 Å². The highest BCUT2D eigenvalue weighted by molar-refractivity contribution is 7.80. The number of amides is 7. The molecular formula is C41H53N13O11S. The van der Waals surface area contributed by atoms with Crippen LogP contribution in [0, 0.1) is 0 Å². The number of guanidine groups is 1. The molecule has 0 aliphatic carbocycles. The molecule has 0 aliphatic rings. The SMILES string of the molecule is NC(=O)C[C@H](NC(=O)[C@H](CS)NC(=O)[C@H](Cc1c[nH]c2ccccc12)NC(=O)[C@@H](N)Cc1c[nH]c2ccccc12)C(=O)N[C@@H](CC(=O)O)C(=O)NCC(=O)N[C@@H](CCCN=C(N)N)C(=O)O. The van der Waals surface area contributed by atoms with Crippen LogP contribution >= 0.6 is 12.6 Å². The van der Waals surface area contributed by atoms with Crippen LogP contribution in [0.15, 0.2) is 65.9 Å². The van der Waals surface area contributed by atoms with Crippen molar-refractivity contribution in [2.45, 2.75) is 74.8 Å². The minimum absolute atomic E-state index is 0.0649. The van der Waals surface area contributed by atoms with Crippen LogP contribution in [0.5, 0.6) is 0 Å². The van der Waals surface area contributed by atoms with Gasteiger partial charge in [0.15, 0.2) is 5.96 Å². The van der Waals surface area contributed by atoms with Crippen LogP contribution in [0.2, 0.25) is 0 Å². The number of primary amides is 1. The zero-order valence-corrected chi connectivity index (χ0v) is 36.3. The second kappa shape index (κ2) is 24.4. The molecule has 66 heavy (non-hydrogen) atoms. The van der Waals surface area contributed by atoms with Gasteiger partial charge in [-0.15, -0.1) is 0 Å². The summed E-state index contributed by atoms with van der Waals surface area (Å²) in [5.74, 6) is -10.7. The Balaban J connectivity index is 1.44. The number of nitrogens with two attached hydrogens (primary N) is 4. The Hall–Kier alpha value is -7.67. The highest BCUT2D eigenvalue weighted by Gasteiger charge is 2.34. The number of nitrogens with zero attached hydrogens (tertiary/aromatic N) is 1. The lowest BCUT2D eigenvalue weighted by atomic mass is 10.0. The first-order chi connectivity index (χ1) is 31.4. The molecule has 6 atom stereocenters. The fraction of sp³-hybridized carbons (Fsp3) is 0.366. The number of carboxylic acid groups (broad SMARTS) is 2. The number of benzene rings is 2. The van der Waals surface area contributed by atoms with Crippen LogP contribution in [0.1, 0.15) is 36.8 Å². The van der Waals surface area contributed by atoms with Crippen LogP contribution in [0.4, 0.5) is 0 Å². The van der Waals surface area contributed by atoms with E-state index in [9.17, 15) is 53.4 Å². The van der Waals surface area contributed by atoms with Gasteiger partial charge in [0.1, 0.15) is 30.2 Å². The molecule has 0 saturated heterocycles. The lowest BCUT2D eigenvalue weighted by molar-refractivity contribution is -0.142. The lowest BCUT2D eigenvalue weighted by Gasteiger charge is -2.26. The van der Waals surface area contributed by atoms with Gasteiger partial charge in [0.05, 0.1) is 25.4 Å². The fourth-order valence-corrected chi connectivity index (χ4v) is 7.00. The summed E-state index contributed by atoms with van der Waals surface area (Å²) in [6, 6.07) is 5.63. The van der Waals surface area contributed by atoms with E-state index in [-0.39, 0.29) is 43.9 Å². The number of carbonyl (C=O) groups excluding carboxylic acids is 7. The Kier molecular flexibility index (Phi) is 18.8. The van der Waals surface area contributed by atoms with Crippen molar-refractivity contribution < 1.29 is 53.4 Å². The molecule has 0 fully saturated rings. The highest BCUT2D eigenvalue weighted by Crippen LogP contribution is 2.21. The number of hydrogen-bond donors (Lipinski definition) is 15. The molecule has 2 heterocycles. The fourth-order valence-electron chi connectivity index (χ4n) is 6.74. The number of nitrogens with one attached hydrogen (secondary N) is 8. The van der Waals surface area contributed by atoms with E-state index >= 15 is 0 Å². The van der Waals surface area contributed by atoms with E-state index in [2.05, 4.69) is 59.5 Å². The Bertz CT molecular complexity index is 2450. The third-order valence-electron chi connectivity index (χ3n) is 10.1. The van der Waals surface area contributed by atoms with E-state index in [0.717, 1.165) is 27.4 Å². The molecule has 18 N–H and O–H groups in total. The number of aliphatic carboxylic acids is 2. The van der Waals surface area contributed by atoms with Crippen LogP contribution in [0.3, 0.4) is 0 Å². The molecule has 0 aliphatic heterocycles. The number of carbonyl (C=O) groups is 9. The summed E-state index contributed by atoms with van der Waals surface area (Å²) < 4.78 is 0. The van der Waals surface area contributed by atoms with E-state index in [1.165, 1.54) is 0 Å². The molecule has 2 aromatic heterocycles. The Morgan fingerprint density at radius 2 is 1.15 bits per heavy atom. The maximum atomic E-state index is 14.0. The molecule has 0 radical (unpaired) electrons. The first-order valence-electron chi connectivity index (χ1n) is 20.4. The van der Waals surface area contributed by atoms with E-state index in [0.29, 0.717) is 5.56 Å². The first kappa shape index (κ1) is 51.0. The number of hydrogen-bond acceptors (Lipinski definition) is 12. The predicted molar refractivity (Wildman–Crippen MR) is 242 cm³/mol. The number of aromatic amines is 2. The maximum absolute atomic E-state index is 14.0. The topological polar surface area (TPSA) is 414 Å². The van der Waals surface area contributed by atoms with E-state index in [1.54, 1.807) is 18.5 Å². The second-order valence-electron chi connectivity index (χ2n) is 15.1. The molecule has 0 saturated carbocycles. The summed E-state index contributed by atoms with van der Waals surface area (Å²) >= 11 is 4.20. The van der Waals surface area contributed by atoms with Crippen molar-refractivity contribution in [1.29, 1.82) is 0 Å². The quantitative estimate of drug-likeness (QED) is 0.0127. The number of aromatic nitrogens is 2. The normalized spacial score (nSPS) is 13.7. The average molecular weight is 936 g/mol. The predicted octanol–water partition coefficient (Wildman–Crippen LogP) is -3.28. The number of para-hydroxylation sites is 2. The summed E-state index contributed by atoms with van der Waals surface area (Å²) in [4.78, 5) is 126. The van der Waals surface area contributed by atoms with Gasteiger partial charge in [-0.25, -0.2) is 4.79 Å². The number of aliphatic imine (C=N–C) groups is 1. The van der Waals surface area contributed by atoms with Crippen LogP contribution in [0.25, 0.3) is 21.8 Å². The Labute approximate surface area is 381 Å². The van der Waals surface area contributed by atoms with Gasteiger partial charge in [-0.3, -0.25) is 43.3 Å². The van der Waals surface area contributed by atoms with Crippen LogP contribution < -0.4 is 54.8 Å². The van der Waals surface area contributed by atoms with Crippen molar-refractivity contribution in [3.63, 3.8) is 0 Å². The van der Waals surface area contributed by atoms with Gasteiger partial charge in [0.25, 0.3) is 0 Å². The number of carboxylic acids is 2. The lowest BCUT2D eigenvalue weighted by Crippen LogP contribution is -2.60. The number of fused-ring (bicyclic) bond motifs is 2. The minimum atomic E-state index is -1.89. The molecule has 0 unspecified atom stereocenters. The molecule has 7 amide bonds. The Morgan fingerprint density at radius 1 is 0.636 bits per heavy atom. The molecular weight excluding hydrogens is 883 g/mol. The maximum Gasteiger partial charge on any atom is 0.326 e. The Morgan fingerprint density at radius 3 is 1.70 bits per heavy atom. The summed E-state index contributed by atoms with van der Waals surface area (Å²) in [6.07, 6.45) is 1.64. The molecule has 0 bridgehead atoms. The molecule has 4 rings (SSSR count). The monoisotopic (exact) mass is 935 g/mol. The molecule has 0 spiro atoms. The molecule has 354 valence electrons. The molecule has 25 heteroatoms. The second-order valence-corrected chi connectivity index (χ2v) is 15.4. The molecule has 2 aromatic carbocycles. The van der Waals surface area contributed by atoms with Gasteiger partial charge in [0.2, 0.25) is 41.4 Å². The zero-order chi connectivity index (χ0) is 48.5.